The van der Waals surface area contributed by atoms with E-state index >= 15 is 0 Å². The molecule has 4 aromatic carbocycles. The van der Waals surface area contributed by atoms with E-state index in [2.05, 4.69) is 25.1 Å². The van der Waals surface area contributed by atoms with Crippen molar-refractivity contribution in [1.29, 1.82) is 0 Å². The second-order valence-corrected chi connectivity index (χ2v) is 16.0. The van der Waals surface area contributed by atoms with E-state index in [1.807, 2.05) is 114 Å². The minimum atomic E-state index is -0.291. The van der Waals surface area contributed by atoms with Gasteiger partial charge in [-0.15, -0.1) is 30.0 Å². The first kappa shape index (κ1) is 46.8. The average Bonchev–Trinajstić information content (AvgIpc) is 3.85. The molecule has 0 aliphatic rings. The molecule has 0 spiro atoms. The Morgan fingerprint density at radius 1 is 0.583 bits per heavy atom. The third-order valence-electron chi connectivity index (χ3n) is 9.23. The van der Waals surface area contributed by atoms with Gasteiger partial charge < -0.3 is 34.3 Å². The molecule has 322 valence electrons. The summed E-state index contributed by atoms with van der Waals surface area (Å²) >= 11 is 0. The number of aromatic hydroxyl groups is 2. The number of ether oxygens (including phenoxy) is 4. The summed E-state index contributed by atoms with van der Waals surface area (Å²) in [5.74, 6) is -0.249. The van der Waals surface area contributed by atoms with Crippen molar-refractivity contribution in [2.45, 2.75) is 78.1 Å². The van der Waals surface area contributed by atoms with Crippen LogP contribution in [0.25, 0.3) is 33.4 Å². The zero-order valence-electron chi connectivity index (χ0n) is 36.1. The molecule has 0 saturated carbocycles. The number of benzene rings is 4. The third kappa shape index (κ3) is 12.8. The van der Waals surface area contributed by atoms with Crippen LogP contribution in [0.3, 0.4) is 0 Å². The smallest absolute Gasteiger partial charge is 0.306 e. The number of methoxy groups -OCH3 is 3. The number of nitrogens with zero attached hydrogens (tertiary/aromatic N) is 6. The van der Waals surface area contributed by atoms with E-state index in [1.165, 1.54) is 16.7 Å². The number of phenols is 2. The summed E-state index contributed by atoms with van der Waals surface area (Å²) < 4.78 is 19.2. The van der Waals surface area contributed by atoms with E-state index < -0.39 is 0 Å². The Labute approximate surface area is 350 Å². The number of aliphatic hydroxyl groups is 1. The van der Waals surface area contributed by atoms with Crippen LogP contribution in [0.1, 0.15) is 76.6 Å². The van der Waals surface area contributed by atoms with E-state index in [0.29, 0.717) is 37.4 Å². The molecule has 0 atom stereocenters. The first-order valence-corrected chi connectivity index (χ1v) is 19.7. The highest BCUT2D eigenvalue weighted by Gasteiger charge is 2.25. The molecule has 0 amide bonds. The number of carbonyl (C=O) groups excluding carboxylic acids is 2. The molecule has 0 fully saturated rings. The van der Waals surface area contributed by atoms with E-state index in [9.17, 15) is 19.8 Å². The number of aryl methyl sites for hydroxylation is 2. The molecule has 15 heteroatoms. The van der Waals surface area contributed by atoms with Crippen LogP contribution in [0.2, 0.25) is 0 Å². The van der Waals surface area contributed by atoms with Gasteiger partial charge in [0.25, 0.3) is 0 Å². The topological polar surface area (TPSA) is 193 Å². The highest BCUT2D eigenvalue weighted by Crippen LogP contribution is 2.38. The molecular weight excluding hydrogens is 769 g/mol. The van der Waals surface area contributed by atoms with Gasteiger partial charge in [0.15, 0.2) is 0 Å². The number of hydrogen-bond acceptors (Lipinski definition) is 13. The van der Waals surface area contributed by atoms with Gasteiger partial charge in [-0.1, -0.05) is 77.9 Å². The minimum Gasteiger partial charge on any atom is -0.505 e. The minimum absolute atomic E-state index is 0.122. The fraction of sp³-hybridized carbons (Fsp3) is 0.422. The maximum absolute atomic E-state index is 12.0. The number of esters is 2. The van der Waals surface area contributed by atoms with Gasteiger partial charge in [0, 0.05) is 38.2 Å². The molecule has 0 aliphatic heterocycles. The highest BCUT2D eigenvalue weighted by atomic mass is 16.6. The van der Waals surface area contributed by atoms with Crippen molar-refractivity contribution in [3.05, 3.63) is 95.1 Å². The van der Waals surface area contributed by atoms with Gasteiger partial charge in [-0.2, -0.15) is 0 Å². The maximum Gasteiger partial charge on any atom is 0.306 e. The van der Waals surface area contributed by atoms with Crippen molar-refractivity contribution in [2.75, 3.05) is 47.8 Å². The number of carbonyl (C=O) groups is 2. The molecule has 6 aromatic rings. The fourth-order valence-corrected chi connectivity index (χ4v) is 6.02. The van der Waals surface area contributed by atoms with E-state index in [0.717, 1.165) is 44.3 Å². The van der Waals surface area contributed by atoms with Crippen molar-refractivity contribution in [3.8, 4) is 22.9 Å². The Balaban J connectivity index is 0.000000239. The summed E-state index contributed by atoms with van der Waals surface area (Å²) in [4.78, 5) is 26.4. The van der Waals surface area contributed by atoms with Gasteiger partial charge in [0.2, 0.25) is 0 Å². The second kappa shape index (κ2) is 21.4. The molecule has 15 nitrogen and oxygen atoms in total. The van der Waals surface area contributed by atoms with Gasteiger partial charge in [-0.25, -0.2) is 0 Å². The van der Waals surface area contributed by atoms with E-state index in [4.69, 9.17) is 19.3 Å². The van der Waals surface area contributed by atoms with Crippen molar-refractivity contribution in [3.63, 3.8) is 0 Å². The molecule has 0 unspecified atom stereocenters. The Bertz CT molecular complexity index is 2270. The molecular formula is C45H58N6O9. The Hall–Kier alpha value is -5.90. The predicted molar refractivity (Wildman–Crippen MR) is 229 cm³/mol. The molecule has 2 heterocycles. The van der Waals surface area contributed by atoms with Gasteiger partial charge in [-0.05, 0) is 71.2 Å². The number of hydrogen-bond donors (Lipinski definition) is 3. The predicted octanol–water partition coefficient (Wildman–Crippen LogP) is 6.70. The van der Waals surface area contributed by atoms with Crippen molar-refractivity contribution >= 4 is 34.0 Å². The number of phenolic OH excluding ortho intramolecular Hbond substituents is 2. The molecule has 0 saturated heterocycles. The largest absolute Gasteiger partial charge is 0.505 e. The molecule has 3 N–H and O–H groups in total. The third-order valence-corrected chi connectivity index (χ3v) is 9.23. The normalized spacial score (nSPS) is 11.4. The first-order valence-electron chi connectivity index (χ1n) is 19.7. The fourth-order valence-electron chi connectivity index (χ4n) is 6.02. The van der Waals surface area contributed by atoms with Gasteiger partial charge >= 0.3 is 11.9 Å². The van der Waals surface area contributed by atoms with Crippen molar-refractivity contribution in [2.24, 2.45) is 0 Å². The second-order valence-electron chi connectivity index (χ2n) is 16.0. The lowest BCUT2D eigenvalue weighted by atomic mass is 9.84. The lowest BCUT2D eigenvalue weighted by molar-refractivity contribution is -0.145. The summed E-state index contributed by atoms with van der Waals surface area (Å²) in [6, 6.07) is 22.6. The highest BCUT2D eigenvalue weighted by molar-refractivity contribution is 5.75. The maximum atomic E-state index is 12.0. The number of fused-ring (bicyclic) bond motifs is 2. The zero-order valence-corrected chi connectivity index (χ0v) is 36.1. The van der Waals surface area contributed by atoms with Crippen LogP contribution >= 0.6 is 0 Å². The van der Waals surface area contributed by atoms with Crippen LogP contribution in [0.5, 0.6) is 11.5 Å². The molecule has 60 heavy (non-hydrogen) atoms. The molecule has 0 radical (unpaired) electrons. The van der Waals surface area contributed by atoms with Gasteiger partial charge in [0.1, 0.15) is 51.5 Å². The average molecular weight is 827 g/mol. The number of rotatable bonds is 13. The Morgan fingerprint density at radius 3 is 1.28 bits per heavy atom. The van der Waals surface area contributed by atoms with E-state index in [-0.39, 0.29) is 60.3 Å². The summed E-state index contributed by atoms with van der Waals surface area (Å²) in [6.45, 7) is 13.4. The van der Waals surface area contributed by atoms with Crippen LogP contribution < -0.4 is 0 Å². The SMILES string of the molecule is COC(=O)CCc1cc(-n2nc3ccccc3n2)c(O)c(C(C)(C)C)c1.COCCO.COCCOC(=O)CCc1cc(-n2nc3ccccc3n2)c(O)c(C(C)(C)C)c1. The van der Waals surface area contributed by atoms with Crippen molar-refractivity contribution in [1.82, 2.24) is 30.0 Å². The van der Waals surface area contributed by atoms with Gasteiger partial charge in [0.05, 0.1) is 26.9 Å². The summed E-state index contributed by atoms with van der Waals surface area (Å²) in [6.07, 6.45) is 1.53. The molecule has 6 rings (SSSR count). The standard InChI is InChI=1S/C22H27N3O4.C20H23N3O3.C3H8O2/c1-22(2,3)16-13-15(9-10-20(26)29-12-11-28-4)14-19(21(16)27)25-23-17-7-5-6-8-18(17)24-25;1-20(2,3)14-11-13(9-10-18(24)26-4)12-17(19(14)25)23-21-15-7-5-6-8-16(15)22-23;1-5-3-2-4/h5-8,13-14,27H,9-12H2,1-4H3;5-8,11-12,25H,9-10H2,1-4H3;4H,2-3H2,1H3. The monoisotopic (exact) mass is 826 g/mol. The van der Waals surface area contributed by atoms with Crippen LogP contribution in [0, 0.1) is 0 Å². The number of aliphatic hydroxyl groups excluding tert-OH is 1. The van der Waals surface area contributed by atoms with Crippen LogP contribution in [0.4, 0.5) is 0 Å². The van der Waals surface area contributed by atoms with Crippen LogP contribution in [0.15, 0.2) is 72.8 Å². The van der Waals surface area contributed by atoms with Crippen LogP contribution in [-0.2, 0) is 52.2 Å². The summed E-state index contributed by atoms with van der Waals surface area (Å²) in [7, 11) is 4.49. The first-order chi connectivity index (χ1) is 28.5. The van der Waals surface area contributed by atoms with Crippen molar-refractivity contribution < 1.29 is 43.9 Å². The Morgan fingerprint density at radius 2 is 0.967 bits per heavy atom. The Kier molecular flexibility index (Phi) is 16.7. The zero-order chi connectivity index (χ0) is 44.0. The summed E-state index contributed by atoms with van der Waals surface area (Å²) in [5, 5.41) is 47.7. The quantitative estimate of drug-likeness (QED) is 0.0824. The molecule has 0 aliphatic carbocycles. The lowest BCUT2D eigenvalue weighted by Crippen LogP contribution is -2.15. The summed E-state index contributed by atoms with van der Waals surface area (Å²) in [5.41, 5.74) is 6.84. The van der Waals surface area contributed by atoms with Gasteiger partial charge in [-0.3, -0.25) is 9.59 Å². The molecule has 2 aromatic heterocycles. The number of aromatic nitrogens is 6. The van der Waals surface area contributed by atoms with Crippen LogP contribution in [-0.4, -0.2) is 105 Å². The van der Waals surface area contributed by atoms with E-state index in [1.54, 1.807) is 14.2 Å². The lowest BCUT2D eigenvalue weighted by Gasteiger charge is -2.23. The molecule has 0 bridgehead atoms.